The smallest absolute Gasteiger partial charge is 0.241 e. The zero-order valence-electron chi connectivity index (χ0n) is 19.6. The molecule has 2 aromatic carbocycles. The summed E-state index contributed by atoms with van der Waals surface area (Å²) in [5.74, 6) is -0.688. The van der Waals surface area contributed by atoms with Gasteiger partial charge in [-0.25, -0.2) is 13.1 Å². The fourth-order valence-corrected chi connectivity index (χ4v) is 5.83. The van der Waals surface area contributed by atoms with Crippen molar-refractivity contribution in [3.05, 3.63) is 42.5 Å². The molecule has 2 aromatic rings. The molecular weight excluding hydrogens is 468 g/mol. The number of rotatable bonds is 7. The van der Waals surface area contributed by atoms with Gasteiger partial charge in [0.05, 0.1) is 17.4 Å². The first-order chi connectivity index (χ1) is 16.7. The molecule has 2 aliphatic rings. The van der Waals surface area contributed by atoms with Crippen LogP contribution in [0.2, 0.25) is 0 Å². The van der Waals surface area contributed by atoms with E-state index >= 15 is 0 Å². The summed E-state index contributed by atoms with van der Waals surface area (Å²) in [6.45, 7) is 1.61. The van der Waals surface area contributed by atoms with Crippen LogP contribution < -0.4 is 15.8 Å². The van der Waals surface area contributed by atoms with Crippen LogP contribution in [-0.2, 0) is 19.6 Å². The number of fused-ring (bicyclic) bond motifs is 1. The molecule has 2 saturated heterocycles. The molecule has 0 radical (unpaired) electrons. The number of carbonyl (C=O) groups excluding carboxylic acids is 2. The van der Waals surface area contributed by atoms with Crippen LogP contribution in [-0.4, -0.2) is 74.8 Å². The monoisotopic (exact) mass is 500 g/mol. The van der Waals surface area contributed by atoms with Gasteiger partial charge in [0, 0.05) is 32.2 Å². The number of nitrogens with zero attached hydrogens (tertiary/aromatic N) is 2. The summed E-state index contributed by atoms with van der Waals surface area (Å²) in [6, 6.07) is 12.2. The molecule has 35 heavy (non-hydrogen) atoms. The first kappa shape index (κ1) is 24.9. The molecule has 0 aliphatic carbocycles. The van der Waals surface area contributed by atoms with Gasteiger partial charge >= 0.3 is 0 Å². The summed E-state index contributed by atoms with van der Waals surface area (Å²) in [6.07, 6.45) is 3.07. The van der Waals surface area contributed by atoms with Gasteiger partial charge in [0.25, 0.3) is 0 Å². The molecule has 0 aromatic heterocycles. The number of hydrogen-bond donors (Lipinski definition) is 4. The summed E-state index contributed by atoms with van der Waals surface area (Å²) in [5.41, 5.74) is 5.56. The zero-order chi connectivity index (χ0) is 25.0. The van der Waals surface area contributed by atoms with Crippen molar-refractivity contribution in [3.63, 3.8) is 0 Å². The van der Waals surface area contributed by atoms with Gasteiger partial charge in [-0.1, -0.05) is 30.3 Å². The molecule has 188 valence electrons. The number of hydrogen-bond acceptors (Lipinski definition) is 5. The van der Waals surface area contributed by atoms with Crippen molar-refractivity contribution in [2.45, 2.75) is 36.6 Å². The Kier molecular flexibility index (Phi) is 7.56. The molecule has 0 spiro atoms. The SMILES string of the molecule is N=C(N)N1CCCC(C(=O)NC[C@@H]2CCCN2C(=O)CNS(=O)(=O)c2ccc3ccccc3c2)C1. The third kappa shape index (κ3) is 5.91. The van der Waals surface area contributed by atoms with E-state index in [1.54, 1.807) is 21.9 Å². The molecular formula is C24H32N6O4S. The highest BCUT2D eigenvalue weighted by Crippen LogP contribution is 2.21. The Bertz CT molecular complexity index is 1220. The van der Waals surface area contributed by atoms with Crippen LogP contribution in [0.5, 0.6) is 0 Å². The number of carbonyl (C=O) groups is 2. The second-order valence-corrected chi connectivity index (χ2v) is 10.9. The van der Waals surface area contributed by atoms with Gasteiger partial charge in [0.15, 0.2) is 5.96 Å². The lowest BCUT2D eigenvalue weighted by atomic mass is 9.97. The highest BCUT2D eigenvalue weighted by atomic mass is 32.2. The summed E-state index contributed by atoms with van der Waals surface area (Å²) < 4.78 is 28.0. The second kappa shape index (κ2) is 10.6. The first-order valence-corrected chi connectivity index (χ1v) is 13.4. The first-order valence-electron chi connectivity index (χ1n) is 11.9. The predicted molar refractivity (Wildman–Crippen MR) is 133 cm³/mol. The summed E-state index contributed by atoms with van der Waals surface area (Å²) in [4.78, 5) is 29.0. The fourth-order valence-electron chi connectivity index (χ4n) is 4.83. The maximum atomic E-state index is 12.9. The third-order valence-electron chi connectivity index (χ3n) is 6.79. The van der Waals surface area contributed by atoms with Crippen LogP contribution in [0.25, 0.3) is 10.8 Å². The number of amides is 2. The van der Waals surface area contributed by atoms with Gasteiger partial charge in [0.2, 0.25) is 21.8 Å². The maximum Gasteiger partial charge on any atom is 0.241 e. The van der Waals surface area contributed by atoms with Gasteiger partial charge in [-0.3, -0.25) is 15.0 Å². The van der Waals surface area contributed by atoms with Crippen molar-refractivity contribution in [1.82, 2.24) is 19.8 Å². The molecule has 0 bridgehead atoms. The van der Waals surface area contributed by atoms with Crippen molar-refractivity contribution in [3.8, 4) is 0 Å². The second-order valence-electron chi connectivity index (χ2n) is 9.13. The van der Waals surface area contributed by atoms with Gasteiger partial charge < -0.3 is 20.9 Å². The Morgan fingerprint density at radius 2 is 1.80 bits per heavy atom. The molecule has 5 N–H and O–H groups in total. The van der Waals surface area contributed by atoms with E-state index in [0.717, 1.165) is 36.5 Å². The Morgan fingerprint density at radius 1 is 1.06 bits per heavy atom. The van der Waals surface area contributed by atoms with Gasteiger partial charge in [0.1, 0.15) is 0 Å². The minimum Gasteiger partial charge on any atom is -0.370 e. The van der Waals surface area contributed by atoms with Gasteiger partial charge in [-0.15, -0.1) is 0 Å². The third-order valence-corrected chi connectivity index (χ3v) is 8.19. The highest BCUT2D eigenvalue weighted by Gasteiger charge is 2.31. The van der Waals surface area contributed by atoms with Crippen LogP contribution in [0.4, 0.5) is 0 Å². The standard InChI is InChI=1S/C24H32N6O4S/c25-24(26)29-11-3-7-19(16-29)23(32)27-14-20-8-4-12-30(20)22(31)15-28-35(33,34)21-10-9-17-5-1-2-6-18(17)13-21/h1-2,5-6,9-10,13,19-20,28H,3-4,7-8,11-12,14-16H2,(H3,25,26)(H,27,32)/t19?,20-/m0/s1. The summed E-state index contributed by atoms with van der Waals surface area (Å²) >= 11 is 0. The van der Waals surface area contributed by atoms with Crippen molar-refractivity contribution < 1.29 is 18.0 Å². The van der Waals surface area contributed by atoms with E-state index < -0.39 is 10.0 Å². The predicted octanol–water partition coefficient (Wildman–Crippen LogP) is 0.831. The topological polar surface area (TPSA) is 149 Å². The van der Waals surface area contributed by atoms with Crippen LogP contribution in [0.3, 0.4) is 0 Å². The van der Waals surface area contributed by atoms with Crippen LogP contribution in [0, 0.1) is 11.3 Å². The Labute approximate surface area is 205 Å². The van der Waals surface area contributed by atoms with Crippen LogP contribution >= 0.6 is 0 Å². The van der Waals surface area contributed by atoms with Crippen molar-refractivity contribution in [2.75, 3.05) is 32.7 Å². The molecule has 2 amide bonds. The molecule has 2 heterocycles. The molecule has 0 saturated carbocycles. The van der Waals surface area contributed by atoms with E-state index in [1.807, 2.05) is 24.3 Å². The number of sulfonamides is 1. The molecule has 2 atom stereocenters. The lowest BCUT2D eigenvalue weighted by Crippen LogP contribution is -2.50. The van der Waals surface area contributed by atoms with E-state index in [2.05, 4.69) is 10.0 Å². The summed E-state index contributed by atoms with van der Waals surface area (Å²) in [7, 11) is -3.85. The maximum absolute atomic E-state index is 12.9. The normalized spacial score (nSPS) is 20.7. The lowest BCUT2D eigenvalue weighted by molar-refractivity contribution is -0.132. The van der Waals surface area contributed by atoms with Gasteiger partial charge in [-0.2, -0.15) is 0 Å². The number of benzene rings is 2. The number of nitrogens with two attached hydrogens (primary N) is 1. The fraction of sp³-hybridized carbons (Fsp3) is 0.458. The Balaban J connectivity index is 1.30. The van der Waals surface area contributed by atoms with Crippen molar-refractivity contribution in [1.29, 1.82) is 5.41 Å². The highest BCUT2D eigenvalue weighted by molar-refractivity contribution is 7.89. The van der Waals surface area contributed by atoms with Crippen LogP contribution in [0.1, 0.15) is 25.7 Å². The average molecular weight is 501 g/mol. The van der Waals surface area contributed by atoms with Crippen molar-refractivity contribution in [2.24, 2.45) is 11.7 Å². The van der Waals surface area contributed by atoms with E-state index in [4.69, 9.17) is 11.1 Å². The molecule has 4 rings (SSSR count). The number of likely N-dealkylation sites (tertiary alicyclic amines) is 2. The van der Waals surface area contributed by atoms with Gasteiger partial charge in [-0.05, 0) is 48.6 Å². The van der Waals surface area contributed by atoms with Crippen molar-refractivity contribution >= 4 is 38.6 Å². The Hall–Kier alpha value is -3.18. The number of nitrogens with one attached hydrogen (secondary N) is 3. The molecule has 2 aliphatic heterocycles. The minimum atomic E-state index is -3.85. The van der Waals surface area contributed by atoms with E-state index in [0.29, 0.717) is 26.2 Å². The molecule has 10 nitrogen and oxygen atoms in total. The Morgan fingerprint density at radius 3 is 2.57 bits per heavy atom. The average Bonchev–Trinajstić information content (AvgIpc) is 3.34. The quantitative estimate of drug-likeness (QED) is 0.327. The molecule has 11 heteroatoms. The largest absolute Gasteiger partial charge is 0.370 e. The lowest BCUT2D eigenvalue weighted by Gasteiger charge is -2.32. The molecule has 2 fully saturated rings. The number of piperidine rings is 1. The minimum absolute atomic E-state index is 0.0267. The molecule has 1 unspecified atom stereocenters. The van der Waals surface area contributed by atoms with E-state index in [-0.39, 0.29) is 41.2 Å². The van der Waals surface area contributed by atoms with E-state index in [1.165, 1.54) is 6.07 Å². The van der Waals surface area contributed by atoms with Crippen LogP contribution in [0.15, 0.2) is 47.4 Å². The zero-order valence-corrected chi connectivity index (χ0v) is 20.4. The van der Waals surface area contributed by atoms with E-state index in [9.17, 15) is 18.0 Å². The number of guanidine groups is 1. The summed E-state index contributed by atoms with van der Waals surface area (Å²) in [5, 5.41) is 12.3.